The molecule has 0 aromatic heterocycles. The highest BCUT2D eigenvalue weighted by molar-refractivity contribution is 5.94. The molecular weight excluding hydrogens is 324 g/mol. The third-order valence-electron chi connectivity index (χ3n) is 4.08. The standard InChI is InChI=1S/C19H22N2O2.ClH/c1-12-5-4-6-13(9-12)18(22)21-16-11-19(2,3)23-17-8-7-14(20)10-15(16)17;/h4-10,16H,11,20H2,1-3H3,(H,21,22);1H. The number of aryl methyl sites for hydroxylation is 1. The third-order valence-corrected chi connectivity index (χ3v) is 4.08. The largest absolute Gasteiger partial charge is 0.487 e. The van der Waals surface area contributed by atoms with Crippen molar-refractivity contribution in [2.75, 3.05) is 5.73 Å². The van der Waals surface area contributed by atoms with Crippen LogP contribution in [-0.2, 0) is 0 Å². The summed E-state index contributed by atoms with van der Waals surface area (Å²) in [7, 11) is 0. The van der Waals surface area contributed by atoms with Gasteiger partial charge in [0.05, 0.1) is 6.04 Å². The number of fused-ring (bicyclic) bond motifs is 1. The SMILES string of the molecule is Cc1cccc(C(=O)NC2CC(C)(C)Oc3ccc(N)cc32)c1.Cl. The summed E-state index contributed by atoms with van der Waals surface area (Å²) in [5.74, 6) is 0.703. The van der Waals surface area contributed by atoms with Gasteiger partial charge >= 0.3 is 0 Å². The molecule has 128 valence electrons. The topological polar surface area (TPSA) is 64.3 Å². The van der Waals surface area contributed by atoms with Crippen molar-refractivity contribution < 1.29 is 9.53 Å². The van der Waals surface area contributed by atoms with Gasteiger partial charge in [0.25, 0.3) is 5.91 Å². The first-order chi connectivity index (χ1) is 10.8. The molecule has 5 heteroatoms. The van der Waals surface area contributed by atoms with E-state index in [9.17, 15) is 4.79 Å². The van der Waals surface area contributed by atoms with Gasteiger partial charge in [0.15, 0.2) is 0 Å². The Morgan fingerprint density at radius 1 is 1.25 bits per heavy atom. The van der Waals surface area contributed by atoms with Crippen molar-refractivity contribution >= 4 is 24.0 Å². The van der Waals surface area contributed by atoms with Crippen molar-refractivity contribution in [2.24, 2.45) is 0 Å². The van der Waals surface area contributed by atoms with Crippen molar-refractivity contribution in [3.05, 3.63) is 59.2 Å². The molecule has 0 spiro atoms. The number of rotatable bonds is 2. The Kier molecular flexibility index (Phi) is 5.09. The lowest BCUT2D eigenvalue weighted by molar-refractivity contribution is 0.0620. The molecule has 0 fully saturated rings. The van der Waals surface area contributed by atoms with Crippen molar-refractivity contribution in [3.63, 3.8) is 0 Å². The van der Waals surface area contributed by atoms with Crippen LogP contribution in [0.1, 0.15) is 47.8 Å². The molecule has 1 amide bonds. The summed E-state index contributed by atoms with van der Waals surface area (Å²) in [6, 6.07) is 13.0. The molecule has 1 aliphatic heterocycles. The molecule has 2 aromatic rings. The number of amides is 1. The molecule has 2 aromatic carbocycles. The van der Waals surface area contributed by atoms with E-state index < -0.39 is 0 Å². The second-order valence-corrected chi connectivity index (χ2v) is 6.76. The van der Waals surface area contributed by atoms with Gasteiger partial charge in [-0.15, -0.1) is 12.4 Å². The van der Waals surface area contributed by atoms with Crippen molar-refractivity contribution in [1.82, 2.24) is 5.32 Å². The normalized spacial score (nSPS) is 17.9. The van der Waals surface area contributed by atoms with Crippen LogP contribution in [0.3, 0.4) is 0 Å². The van der Waals surface area contributed by atoms with Crippen LogP contribution in [0.2, 0.25) is 0 Å². The quantitative estimate of drug-likeness (QED) is 0.807. The third kappa shape index (κ3) is 3.82. The van der Waals surface area contributed by atoms with Gasteiger partial charge in [-0.1, -0.05) is 17.7 Å². The highest BCUT2D eigenvalue weighted by Gasteiger charge is 2.34. The summed E-state index contributed by atoms with van der Waals surface area (Å²) in [6.45, 7) is 6.03. The average molecular weight is 347 g/mol. The van der Waals surface area contributed by atoms with Crippen LogP contribution in [0.5, 0.6) is 5.75 Å². The van der Waals surface area contributed by atoms with Crippen molar-refractivity contribution in [1.29, 1.82) is 0 Å². The number of hydrogen-bond acceptors (Lipinski definition) is 3. The number of hydrogen-bond donors (Lipinski definition) is 2. The number of benzene rings is 2. The summed E-state index contributed by atoms with van der Waals surface area (Å²) in [5.41, 5.74) is 8.90. The highest BCUT2D eigenvalue weighted by atomic mass is 35.5. The Balaban J connectivity index is 0.00000208. The predicted molar refractivity (Wildman–Crippen MR) is 98.8 cm³/mol. The minimum atomic E-state index is -0.340. The number of halogens is 1. The van der Waals surface area contributed by atoms with E-state index in [0.29, 0.717) is 17.7 Å². The lowest BCUT2D eigenvalue weighted by Gasteiger charge is -2.38. The lowest BCUT2D eigenvalue weighted by Crippen LogP contribution is -2.41. The molecule has 1 heterocycles. The van der Waals surface area contributed by atoms with Crippen LogP contribution >= 0.6 is 12.4 Å². The Labute approximate surface area is 148 Å². The highest BCUT2D eigenvalue weighted by Crippen LogP contribution is 2.40. The number of anilines is 1. The summed E-state index contributed by atoms with van der Waals surface area (Å²) >= 11 is 0. The first kappa shape index (κ1) is 18.1. The molecule has 0 aliphatic carbocycles. The van der Waals surface area contributed by atoms with Crippen LogP contribution in [0, 0.1) is 6.92 Å². The van der Waals surface area contributed by atoms with Crippen molar-refractivity contribution in [2.45, 2.75) is 38.8 Å². The Bertz CT molecular complexity index is 759. The molecule has 0 bridgehead atoms. The summed E-state index contributed by atoms with van der Waals surface area (Å²) < 4.78 is 6.00. The molecule has 3 N–H and O–H groups in total. The second-order valence-electron chi connectivity index (χ2n) is 6.76. The fraction of sp³-hybridized carbons (Fsp3) is 0.316. The first-order valence-corrected chi connectivity index (χ1v) is 7.80. The maximum Gasteiger partial charge on any atom is 0.251 e. The summed E-state index contributed by atoms with van der Waals surface area (Å²) in [4.78, 5) is 12.6. The van der Waals surface area contributed by atoms with E-state index in [1.165, 1.54) is 0 Å². The van der Waals surface area contributed by atoms with Crippen LogP contribution in [0.25, 0.3) is 0 Å². The molecule has 24 heavy (non-hydrogen) atoms. The molecule has 1 aliphatic rings. The summed E-state index contributed by atoms with van der Waals surface area (Å²) in [5, 5.41) is 3.13. The minimum absolute atomic E-state index is 0. The molecule has 0 saturated heterocycles. The van der Waals surface area contributed by atoms with E-state index in [1.807, 2.05) is 63.2 Å². The maximum atomic E-state index is 12.6. The Morgan fingerprint density at radius 2 is 2.00 bits per heavy atom. The van der Waals surface area contributed by atoms with Gasteiger partial charge in [0.1, 0.15) is 11.4 Å². The number of carbonyl (C=O) groups is 1. The van der Waals surface area contributed by atoms with Crippen LogP contribution in [0.15, 0.2) is 42.5 Å². The Hall–Kier alpha value is -2.20. The van der Waals surface area contributed by atoms with E-state index in [4.69, 9.17) is 10.5 Å². The zero-order chi connectivity index (χ0) is 16.6. The number of nitrogens with one attached hydrogen (secondary N) is 1. The molecule has 1 unspecified atom stereocenters. The van der Waals surface area contributed by atoms with Gasteiger partial charge in [0.2, 0.25) is 0 Å². The van der Waals surface area contributed by atoms with Gasteiger partial charge in [0, 0.05) is 23.2 Å². The van der Waals surface area contributed by atoms with E-state index in [0.717, 1.165) is 16.9 Å². The monoisotopic (exact) mass is 346 g/mol. The number of nitrogen functional groups attached to an aromatic ring is 1. The van der Waals surface area contributed by atoms with Gasteiger partial charge in [-0.25, -0.2) is 0 Å². The average Bonchev–Trinajstić information content (AvgIpc) is 2.47. The van der Waals surface area contributed by atoms with Gasteiger partial charge in [-0.3, -0.25) is 4.79 Å². The number of ether oxygens (including phenoxy) is 1. The zero-order valence-corrected chi connectivity index (χ0v) is 14.9. The van der Waals surface area contributed by atoms with E-state index >= 15 is 0 Å². The molecule has 4 nitrogen and oxygen atoms in total. The predicted octanol–water partition coefficient (Wildman–Crippen LogP) is 4.03. The lowest BCUT2D eigenvalue weighted by atomic mass is 9.89. The molecule has 1 atom stereocenters. The molecule has 0 saturated carbocycles. The number of carbonyl (C=O) groups excluding carboxylic acids is 1. The van der Waals surface area contributed by atoms with E-state index in [2.05, 4.69) is 5.32 Å². The van der Waals surface area contributed by atoms with Gasteiger partial charge in [-0.2, -0.15) is 0 Å². The summed E-state index contributed by atoms with van der Waals surface area (Å²) in [6.07, 6.45) is 0.695. The minimum Gasteiger partial charge on any atom is -0.487 e. The maximum absolute atomic E-state index is 12.6. The van der Waals surface area contributed by atoms with E-state index in [-0.39, 0.29) is 30.0 Å². The molecule has 3 rings (SSSR count). The molecule has 0 radical (unpaired) electrons. The smallest absolute Gasteiger partial charge is 0.251 e. The van der Waals surface area contributed by atoms with Crippen LogP contribution in [-0.4, -0.2) is 11.5 Å². The van der Waals surface area contributed by atoms with Crippen LogP contribution < -0.4 is 15.8 Å². The second kappa shape index (κ2) is 6.73. The first-order valence-electron chi connectivity index (χ1n) is 7.80. The van der Waals surface area contributed by atoms with E-state index in [1.54, 1.807) is 0 Å². The molecular formula is C19H23ClN2O2. The van der Waals surface area contributed by atoms with Crippen LogP contribution in [0.4, 0.5) is 5.69 Å². The number of nitrogens with two attached hydrogens (primary N) is 1. The van der Waals surface area contributed by atoms with Gasteiger partial charge in [-0.05, 0) is 51.1 Å². The fourth-order valence-corrected chi connectivity index (χ4v) is 3.03. The zero-order valence-electron chi connectivity index (χ0n) is 14.1. The Morgan fingerprint density at radius 3 is 2.71 bits per heavy atom. The fourth-order valence-electron chi connectivity index (χ4n) is 3.03. The van der Waals surface area contributed by atoms with Crippen molar-refractivity contribution in [3.8, 4) is 5.75 Å². The van der Waals surface area contributed by atoms with Gasteiger partial charge < -0.3 is 15.8 Å².